The monoisotopic (exact) mass is 310 g/mol. The van der Waals surface area contributed by atoms with E-state index in [0.29, 0.717) is 0 Å². The lowest BCUT2D eigenvalue weighted by Crippen LogP contribution is -1.90. The number of benzene rings is 1. The average Bonchev–Trinajstić information content (AvgIpc) is 2.68. The number of aromatic nitrogens is 1. The summed E-state index contributed by atoms with van der Waals surface area (Å²) in [7, 11) is 1.91. The van der Waals surface area contributed by atoms with Gasteiger partial charge in [0.15, 0.2) is 5.13 Å². The summed E-state index contributed by atoms with van der Waals surface area (Å²) in [5.41, 5.74) is 2.51. The molecule has 0 atom stereocenters. The molecule has 2 rings (SSSR count). The Kier molecular flexibility index (Phi) is 4.18. The van der Waals surface area contributed by atoms with Crippen LogP contribution in [0.3, 0.4) is 0 Å². The summed E-state index contributed by atoms with van der Waals surface area (Å²) in [6, 6.07) is 8.48. The summed E-state index contributed by atoms with van der Waals surface area (Å²) in [5, 5.41) is 4.10. The summed E-state index contributed by atoms with van der Waals surface area (Å²) >= 11 is 5.25. The second-order valence-corrected chi connectivity index (χ2v) is 5.91. The van der Waals surface area contributed by atoms with Crippen LogP contribution < -0.4 is 5.32 Å². The molecule has 0 saturated heterocycles. The fraction of sp³-hybridized carbons (Fsp3) is 0.308. The molecule has 0 spiro atoms. The zero-order chi connectivity index (χ0) is 12.3. The molecular weight excluding hydrogens is 296 g/mol. The highest BCUT2D eigenvalue weighted by Gasteiger charge is 2.06. The van der Waals surface area contributed by atoms with E-state index in [4.69, 9.17) is 0 Å². The van der Waals surface area contributed by atoms with Crippen LogP contribution in [0, 0.1) is 6.92 Å². The molecule has 90 valence electrons. The van der Waals surface area contributed by atoms with Gasteiger partial charge in [-0.1, -0.05) is 28.1 Å². The van der Waals surface area contributed by atoms with Gasteiger partial charge in [-0.05, 0) is 37.5 Å². The number of nitrogens with one attached hydrogen (secondary N) is 1. The first kappa shape index (κ1) is 12.6. The fourth-order valence-electron chi connectivity index (χ4n) is 1.72. The number of hydrogen-bond donors (Lipinski definition) is 1. The summed E-state index contributed by atoms with van der Waals surface area (Å²) in [5.74, 6) is 0. The van der Waals surface area contributed by atoms with Crippen LogP contribution in [0.1, 0.15) is 16.1 Å². The van der Waals surface area contributed by atoms with Crippen LogP contribution in [0.25, 0.3) is 0 Å². The maximum absolute atomic E-state index is 4.46. The van der Waals surface area contributed by atoms with Gasteiger partial charge in [-0.25, -0.2) is 4.98 Å². The molecule has 1 N–H and O–H groups in total. The summed E-state index contributed by atoms with van der Waals surface area (Å²) in [6.45, 7) is 2.08. The van der Waals surface area contributed by atoms with E-state index in [-0.39, 0.29) is 0 Å². The van der Waals surface area contributed by atoms with Crippen molar-refractivity contribution in [2.75, 3.05) is 12.4 Å². The van der Waals surface area contributed by atoms with Crippen molar-refractivity contribution in [3.05, 3.63) is 44.9 Å². The van der Waals surface area contributed by atoms with Crippen molar-refractivity contribution in [2.24, 2.45) is 0 Å². The molecule has 0 aliphatic heterocycles. The fourth-order valence-corrected chi connectivity index (χ4v) is 3.08. The molecule has 0 aliphatic rings. The van der Waals surface area contributed by atoms with Crippen molar-refractivity contribution in [3.63, 3.8) is 0 Å². The van der Waals surface area contributed by atoms with Crippen molar-refractivity contribution in [1.29, 1.82) is 0 Å². The summed E-state index contributed by atoms with van der Waals surface area (Å²) in [4.78, 5) is 5.83. The third-order valence-corrected chi connectivity index (χ3v) is 4.36. The lowest BCUT2D eigenvalue weighted by molar-refractivity contribution is 0.961. The van der Waals surface area contributed by atoms with Crippen molar-refractivity contribution in [1.82, 2.24) is 4.98 Å². The molecular formula is C13H15BrN2S. The van der Waals surface area contributed by atoms with Crippen LogP contribution >= 0.6 is 27.3 Å². The van der Waals surface area contributed by atoms with Gasteiger partial charge in [0.25, 0.3) is 0 Å². The quantitative estimate of drug-likeness (QED) is 0.922. The number of anilines is 1. The minimum Gasteiger partial charge on any atom is -0.365 e. The Morgan fingerprint density at radius 1 is 1.35 bits per heavy atom. The van der Waals surface area contributed by atoms with E-state index in [2.05, 4.69) is 57.4 Å². The number of hydrogen-bond acceptors (Lipinski definition) is 3. The lowest BCUT2D eigenvalue weighted by Gasteiger charge is -2.01. The van der Waals surface area contributed by atoms with E-state index in [1.165, 1.54) is 10.4 Å². The molecule has 0 unspecified atom stereocenters. The topological polar surface area (TPSA) is 24.9 Å². The van der Waals surface area contributed by atoms with Crippen molar-refractivity contribution >= 4 is 32.4 Å². The van der Waals surface area contributed by atoms with Gasteiger partial charge in [-0.15, -0.1) is 11.3 Å². The van der Waals surface area contributed by atoms with Crippen molar-refractivity contribution in [3.8, 4) is 0 Å². The zero-order valence-electron chi connectivity index (χ0n) is 9.96. The Hall–Kier alpha value is -0.870. The molecule has 4 heteroatoms. The Balaban J connectivity index is 2.04. The van der Waals surface area contributed by atoms with E-state index in [1.807, 2.05) is 7.05 Å². The molecule has 17 heavy (non-hydrogen) atoms. The summed E-state index contributed by atoms with van der Waals surface area (Å²) in [6.07, 6.45) is 2.12. The van der Waals surface area contributed by atoms with Crippen LogP contribution in [0.4, 0.5) is 5.13 Å². The van der Waals surface area contributed by atoms with Crippen LogP contribution in [0.2, 0.25) is 0 Å². The minimum atomic E-state index is 1.01. The Bertz CT molecular complexity index is 508. The number of thiazole rings is 1. The van der Waals surface area contributed by atoms with E-state index in [0.717, 1.165) is 28.1 Å². The molecule has 1 aromatic carbocycles. The number of halogens is 1. The number of rotatable bonds is 4. The molecule has 2 nitrogen and oxygen atoms in total. The molecule has 0 fully saturated rings. The van der Waals surface area contributed by atoms with Crippen molar-refractivity contribution in [2.45, 2.75) is 19.8 Å². The average molecular weight is 311 g/mol. The van der Waals surface area contributed by atoms with Gasteiger partial charge >= 0.3 is 0 Å². The second-order valence-electron chi connectivity index (χ2n) is 3.91. The van der Waals surface area contributed by atoms with Gasteiger partial charge in [0, 0.05) is 16.4 Å². The summed E-state index contributed by atoms with van der Waals surface area (Å²) < 4.78 is 1.15. The molecule has 0 saturated carbocycles. The Morgan fingerprint density at radius 3 is 2.82 bits per heavy atom. The third-order valence-electron chi connectivity index (χ3n) is 2.64. The lowest BCUT2D eigenvalue weighted by atomic mass is 10.1. The highest BCUT2D eigenvalue weighted by atomic mass is 79.9. The molecule has 2 aromatic rings. The van der Waals surface area contributed by atoms with E-state index < -0.39 is 0 Å². The molecule has 0 bridgehead atoms. The van der Waals surface area contributed by atoms with Gasteiger partial charge in [0.05, 0.1) is 5.69 Å². The van der Waals surface area contributed by atoms with E-state index in [9.17, 15) is 0 Å². The maximum atomic E-state index is 4.46. The van der Waals surface area contributed by atoms with Gasteiger partial charge in [0.1, 0.15) is 0 Å². The standard InChI is InChI=1S/C13H15BrN2S/c1-9-12(17-13(15-2)16-9)7-6-10-4-3-5-11(14)8-10/h3-5,8H,6-7H2,1-2H3,(H,15,16). The highest BCUT2D eigenvalue weighted by molar-refractivity contribution is 9.10. The smallest absolute Gasteiger partial charge is 0.182 e. The number of aryl methyl sites for hydroxylation is 3. The predicted molar refractivity (Wildman–Crippen MR) is 77.9 cm³/mol. The van der Waals surface area contributed by atoms with E-state index in [1.54, 1.807) is 11.3 Å². The van der Waals surface area contributed by atoms with Crippen LogP contribution in [0.5, 0.6) is 0 Å². The molecule has 0 radical (unpaired) electrons. The maximum Gasteiger partial charge on any atom is 0.182 e. The largest absolute Gasteiger partial charge is 0.365 e. The van der Waals surface area contributed by atoms with Gasteiger partial charge in [-0.3, -0.25) is 0 Å². The first-order valence-corrected chi connectivity index (χ1v) is 7.18. The molecule has 0 aliphatic carbocycles. The zero-order valence-corrected chi connectivity index (χ0v) is 12.4. The molecule has 1 heterocycles. The minimum absolute atomic E-state index is 1.01. The molecule has 1 aromatic heterocycles. The van der Waals surface area contributed by atoms with Crippen LogP contribution in [0.15, 0.2) is 28.7 Å². The highest BCUT2D eigenvalue weighted by Crippen LogP contribution is 2.24. The third kappa shape index (κ3) is 3.30. The Labute approximate surface area is 114 Å². The van der Waals surface area contributed by atoms with Gasteiger partial charge < -0.3 is 5.32 Å². The van der Waals surface area contributed by atoms with Gasteiger partial charge in [-0.2, -0.15) is 0 Å². The van der Waals surface area contributed by atoms with Crippen LogP contribution in [-0.4, -0.2) is 12.0 Å². The van der Waals surface area contributed by atoms with Crippen LogP contribution in [-0.2, 0) is 12.8 Å². The van der Waals surface area contributed by atoms with E-state index >= 15 is 0 Å². The molecule has 0 amide bonds. The first-order valence-electron chi connectivity index (χ1n) is 5.57. The second kappa shape index (κ2) is 5.65. The van der Waals surface area contributed by atoms with Gasteiger partial charge in [0.2, 0.25) is 0 Å². The number of nitrogens with zero attached hydrogens (tertiary/aromatic N) is 1. The predicted octanol–water partition coefficient (Wildman–Crippen LogP) is 4.04. The normalized spacial score (nSPS) is 10.5. The first-order chi connectivity index (χ1) is 8.19. The Morgan fingerprint density at radius 2 is 2.18 bits per heavy atom. The van der Waals surface area contributed by atoms with Crippen molar-refractivity contribution < 1.29 is 0 Å². The SMILES string of the molecule is CNc1nc(C)c(CCc2cccc(Br)c2)s1.